The smallest absolute Gasteiger partial charge is 0.259 e. The third-order valence-corrected chi connectivity index (χ3v) is 3.84. The van der Waals surface area contributed by atoms with Crippen LogP contribution in [0.25, 0.3) is 22.3 Å². The van der Waals surface area contributed by atoms with E-state index in [4.69, 9.17) is 26.8 Å². The van der Waals surface area contributed by atoms with Crippen LogP contribution in [0.5, 0.6) is 11.5 Å². The van der Waals surface area contributed by atoms with Crippen molar-refractivity contribution in [2.45, 2.75) is 6.92 Å². The number of carbonyl (C=O) groups excluding carboxylic acids is 1. The molecule has 1 aromatic heterocycles. The number of nitrogens with zero attached hydrogens (tertiary/aromatic N) is 1. The maximum absolute atomic E-state index is 12.3. The minimum Gasteiger partial charge on any atom is -0.490 e. The van der Waals surface area contributed by atoms with Crippen molar-refractivity contribution < 1.29 is 14.3 Å². The first-order valence-corrected chi connectivity index (χ1v) is 8.24. The molecule has 0 spiro atoms. The van der Waals surface area contributed by atoms with E-state index in [1.165, 1.54) is 0 Å². The number of nitrogens with two attached hydrogens (primary N) is 1. The normalized spacial score (nSPS) is 10.7. The molecule has 0 unspecified atom stereocenters. The molecule has 0 radical (unpaired) electrons. The molecule has 3 aromatic rings. The molecule has 1 amide bonds. The van der Waals surface area contributed by atoms with Crippen molar-refractivity contribution in [2.24, 2.45) is 5.73 Å². The number of fused-ring (bicyclic) bond motifs is 1. The minimum atomic E-state index is -0.631. The maximum atomic E-state index is 12.3. The Hall–Kier alpha value is -3.06. The van der Waals surface area contributed by atoms with Gasteiger partial charge in [-0.15, -0.1) is 0 Å². The van der Waals surface area contributed by atoms with Crippen LogP contribution in [0.4, 0.5) is 0 Å². The Morgan fingerprint density at radius 3 is 2.77 bits per heavy atom. The molecule has 2 aromatic carbocycles. The average Bonchev–Trinajstić information content (AvgIpc) is 2.61. The number of benzene rings is 2. The highest BCUT2D eigenvalue weighted by molar-refractivity contribution is 6.32. The number of aromatic amines is 1. The summed E-state index contributed by atoms with van der Waals surface area (Å²) in [6, 6.07) is 10.2. The number of amides is 1. The minimum absolute atomic E-state index is 0.208. The lowest BCUT2D eigenvalue weighted by Gasteiger charge is -2.14. The zero-order valence-corrected chi connectivity index (χ0v) is 14.7. The van der Waals surface area contributed by atoms with Crippen molar-refractivity contribution in [3.05, 3.63) is 51.8 Å². The van der Waals surface area contributed by atoms with Gasteiger partial charge in [-0.2, -0.15) is 0 Å². The van der Waals surface area contributed by atoms with E-state index in [1.54, 1.807) is 43.3 Å². The Morgan fingerprint density at radius 1 is 1.27 bits per heavy atom. The topological polar surface area (TPSA) is 107 Å². The van der Waals surface area contributed by atoms with Gasteiger partial charge in [0.15, 0.2) is 18.1 Å². The molecular weight excluding hydrogens is 358 g/mol. The number of nitrogens with one attached hydrogen (secondary N) is 1. The fourth-order valence-electron chi connectivity index (χ4n) is 2.47. The fraction of sp³-hybridized carbons (Fsp3) is 0.167. The summed E-state index contributed by atoms with van der Waals surface area (Å²) in [6.45, 7) is 1.83. The number of hydrogen-bond donors (Lipinski definition) is 2. The largest absolute Gasteiger partial charge is 0.490 e. The van der Waals surface area contributed by atoms with Gasteiger partial charge in [-0.25, -0.2) is 4.98 Å². The number of rotatable bonds is 6. The summed E-state index contributed by atoms with van der Waals surface area (Å²) in [4.78, 5) is 30.4. The van der Waals surface area contributed by atoms with Crippen LogP contribution in [-0.2, 0) is 4.79 Å². The number of hydrogen-bond acceptors (Lipinski definition) is 5. The molecule has 0 aliphatic heterocycles. The lowest BCUT2D eigenvalue weighted by Crippen LogP contribution is -2.20. The van der Waals surface area contributed by atoms with Crippen molar-refractivity contribution in [3.8, 4) is 22.9 Å². The molecule has 3 N–H and O–H groups in total. The summed E-state index contributed by atoms with van der Waals surface area (Å²) in [7, 11) is 0. The van der Waals surface area contributed by atoms with Gasteiger partial charge >= 0.3 is 0 Å². The number of aromatic nitrogens is 2. The van der Waals surface area contributed by atoms with Crippen LogP contribution >= 0.6 is 11.6 Å². The number of primary amides is 1. The van der Waals surface area contributed by atoms with Gasteiger partial charge in [-0.1, -0.05) is 23.7 Å². The zero-order valence-electron chi connectivity index (χ0n) is 13.9. The molecule has 0 aliphatic carbocycles. The van der Waals surface area contributed by atoms with E-state index in [1.807, 2.05) is 0 Å². The first kappa shape index (κ1) is 17.8. The van der Waals surface area contributed by atoms with Gasteiger partial charge in [0.1, 0.15) is 5.82 Å². The highest BCUT2D eigenvalue weighted by atomic mass is 35.5. The highest BCUT2D eigenvalue weighted by Crippen LogP contribution is 2.39. The molecule has 0 bridgehead atoms. The molecule has 0 atom stereocenters. The van der Waals surface area contributed by atoms with Gasteiger partial charge in [0.25, 0.3) is 11.5 Å². The first-order valence-electron chi connectivity index (χ1n) is 7.86. The van der Waals surface area contributed by atoms with Crippen LogP contribution in [-0.4, -0.2) is 29.1 Å². The first-order chi connectivity index (χ1) is 12.5. The molecule has 7 nitrogen and oxygen atoms in total. The standard InChI is InChI=1S/C18H16ClN3O4/c1-2-25-14-8-10(7-12(19)16(14)26-9-15(20)23)17-21-13-6-4-3-5-11(13)18(24)22-17/h3-8H,2,9H2,1H3,(H2,20,23)(H,21,22,24). The number of halogens is 1. The Kier molecular flexibility index (Phi) is 5.09. The SMILES string of the molecule is CCOc1cc(-c2nc3ccccc3c(=O)[nH]2)cc(Cl)c1OCC(N)=O. The Balaban J connectivity index is 2.11. The van der Waals surface area contributed by atoms with Crippen LogP contribution in [0.3, 0.4) is 0 Å². The molecule has 0 fully saturated rings. The van der Waals surface area contributed by atoms with Gasteiger partial charge in [-0.3, -0.25) is 9.59 Å². The quantitative estimate of drug-likeness (QED) is 0.690. The number of H-pyrrole nitrogens is 1. The molecule has 1 heterocycles. The molecule has 0 aliphatic rings. The average molecular weight is 374 g/mol. The Labute approximate surface area is 153 Å². The van der Waals surface area contributed by atoms with Crippen molar-refractivity contribution in [3.63, 3.8) is 0 Å². The maximum Gasteiger partial charge on any atom is 0.259 e. The predicted octanol–water partition coefficient (Wildman–Crippen LogP) is 2.51. The van der Waals surface area contributed by atoms with E-state index in [0.717, 1.165) is 0 Å². The van der Waals surface area contributed by atoms with Crippen molar-refractivity contribution in [1.82, 2.24) is 9.97 Å². The number of para-hydroxylation sites is 1. The van der Waals surface area contributed by atoms with Crippen molar-refractivity contribution in [1.29, 1.82) is 0 Å². The van der Waals surface area contributed by atoms with Gasteiger partial charge in [0.05, 0.1) is 22.5 Å². The van der Waals surface area contributed by atoms with Gasteiger partial charge in [0, 0.05) is 5.56 Å². The van der Waals surface area contributed by atoms with Crippen LogP contribution in [0.2, 0.25) is 5.02 Å². The molecule has 26 heavy (non-hydrogen) atoms. The van der Waals surface area contributed by atoms with Crippen LogP contribution in [0.1, 0.15) is 6.92 Å². The summed E-state index contributed by atoms with van der Waals surface area (Å²) in [5.41, 5.74) is 5.96. The second-order valence-electron chi connectivity index (χ2n) is 5.41. The second kappa shape index (κ2) is 7.45. The molecule has 134 valence electrons. The van der Waals surface area contributed by atoms with E-state index in [0.29, 0.717) is 34.6 Å². The van der Waals surface area contributed by atoms with Gasteiger partial charge < -0.3 is 20.2 Å². The molecule has 0 saturated heterocycles. The highest BCUT2D eigenvalue weighted by Gasteiger charge is 2.16. The Morgan fingerprint density at radius 2 is 2.04 bits per heavy atom. The number of carbonyl (C=O) groups is 1. The lowest BCUT2D eigenvalue weighted by molar-refractivity contribution is -0.119. The van der Waals surface area contributed by atoms with E-state index >= 15 is 0 Å². The molecule has 0 saturated carbocycles. The third-order valence-electron chi connectivity index (χ3n) is 3.55. The predicted molar refractivity (Wildman–Crippen MR) is 98.7 cm³/mol. The monoisotopic (exact) mass is 373 g/mol. The van der Waals surface area contributed by atoms with E-state index in [2.05, 4.69) is 9.97 Å². The van der Waals surface area contributed by atoms with Crippen LogP contribution in [0.15, 0.2) is 41.2 Å². The van der Waals surface area contributed by atoms with Gasteiger partial charge in [-0.05, 0) is 31.2 Å². The van der Waals surface area contributed by atoms with Crippen LogP contribution < -0.4 is 20.8 Å². The second-order valence-corrected chi connectivity index (χ2v) is 5.81. The van der Waals surface area contributed by atoms with E-state index in [-0.39, 0.29) is 22.9 Å². The molecular formula is C18H16ClN3O4. The fourth-order valence-corrected chi connectivity index (χ4v) is 2.74. The summed E-state index contributed by atoms with van der Waals surface area (Å²) in [6.07, 6.45) is 0. The van der Waals surface area contributed by atoms with Crippen molar-refractivity contribution >= 4 is 28.4 Å². The molecule has 8 heteroatoms. The third kappa shape index (κ3) is 3.62. The summed E-state index contributed by atoms with van der Waals surface area (Å²) in [5.74, 6) is 0.248. The van der Waals surface area contributed by atoms with Crippen molar-refractivity contribution in [2.75, 3.05) is 13.2 Å². The van der Waals surface area contributed by atoms with E-state index in [9.17, 15) is 9.59 Å². The summed E-state index contributed by atoms with van der Waals surface area (Å²) >= 11 is 6.28. The summed E-state index contributed by atoms with van der Waals surface area (Å²) < 4.78 is 10.9. The Bertz CT molecular complexity index is 1030. The zero-order chi connectivity index (χ0) is 18.7. The van der Waals surface area contributed by atoms with Crippen LogP contribution in [0, 0.1) is 0 Å². The number of ether oxygens (including phenoxy) is 2. The van der Waals surface area contributed by atoms with Gasteiger partial charge in [0.2, 0.25) is 0 Å². The lowest BCUT2D eigenvalue weighted by atomic mass is 10.1. The van der Waals surface area contributed by atoms with E-state index < -0.39 is 5.91 Å². The molecule has 3 rings (SSSR count). The summed E-state index contributed by atoms with van der Waals surface area (Å²) in [5, 5.41) is 0.705.